The number of ether oxygens (including phenoxy) is 3. The van der Waals surface area contributed by atoms with Crippen molar-refractivity contribution < 1.29 is 19.0 Å². The molecule has 5 atom stereocenters. The summed E-state index contributed by atoms with van der Waals surface area (Å²) in [4.78, 5) is 12.1. The number of hydrogen-bond acceptors (Lipinski definition) is 5. The van der Waals surface area contributed by atoms with E-state index in [0.717, 1.165) is 0 Å². The van der Waals surface area contributed by atoms with Gasteiger partial charge in [-0.15, -0.1) is 0 Å². The minimum absolute atomic E-state index is 0.0289. The molecule has 0 saturated carbocycles. The molecule has 0 aliphatic carbocycles. The van der Waals surface area contributed by atoms with Crippen LogP contribution in [0.15, 0.2) is 30.3 Å². The van der Waals surface area contributed by atoms with Gasteiger partial charge in [0.05, 0.1) is 11.7 Å². The molecule has 1 aliphatic heterocycles. The van der Waals surface area contributed by atoms with E-state index < -0.39 is 21.9 Å². The molecule has 1 N–H and O–H groups in total. The predicted octanol–water partition coefficient (Wildman–Crippen LogP) is 4.84. The number of nitrogens with one attached hydrogen (secondary N) is 1. The van der Waals surface area contributed by atoms with Gasteiger partial charge in [-0.05, 0) is 24.0 Å². The number of hydrogen-bond donors (Lipinski definition) is 1. The molecule has 0 amide bonds. The Hall–Kier alpha value is -1.01. The Kier molecular flexibility index (Phi) is 7.19. The minimum Gasteiger partial charge on any atom is -0.459 e. The topological polar surface area (TPSA) is 68.6 Å². The molecule has 0 spiro atoms. The highest BCUT2D eigenvalue weighted by Gasteiger charge is 2.43. The van der Waals surface area contributed by atoms with Crippen LogP contribution in [0.4, 0.5) is 0 Å². The number of carbonyl (C=O) groups excluding carboxylic acids is 1. The van der Waals surface area contributed by atoms with E-state index in [1.165, 1.54) is 0 Å². The van der Waals surface area contributed by atoms with Crippen molar-refractivity contribution in [2.45, 2.75) is 37.0 Å². The Labute approximate surface area is 168 Å². The highest BCUT2D eigenvalue weighted by molar-refractivity contribution is 6.76. The molecule has 0 bridgehead atoms. The monoisotopic (exact) mass is 421 g/mol. The summed E-state index contributed by atoms with van der Waals surface area (Å²) < 4.78 is 14.8. The van der Waals surface area contributed by atoms with E-state index in [2.05, 4.69) is 6.92 Å². The molecule has 1 heterocycles. The second-order valence-corrected chi connectivity index (χ2v) is 8.81. The van der Waals surface area contributed by atoms with Crippen molar-refractivity contribution in [2.24, 2.45) is 17.8 Å². The second-order valence-electron chi connectivity index (χ2n) is 6.53. The van der Waals surface area contributed by atoms with Gasteiger partial charge in [-0.1, -0.05) is 73.8 Å². The van der Waals surface area contributed by atoms with Crippen LogP contribution in [0, 0.1) is 23.2 Å². The molecule has 1 fully saturated rings. The van der Waals surface area contributed by atoms with E-state index in [0.29, 0.717) is 5.56 Å². The van der Waals surface area contributed by atoms with Crippen LogP contribution in [0.1, 0.15) is 31.1 Å². The first-order valence-electron chi connectivity index (χ1n) is 8.31. The molecule has 1 aliphatic rings. The first-order valence-corrected chi connectivity index (χ1v) is 9.44. The second kappa shape index (κ2) is 8.79. The summed E-state index contributed by atoms with van der Waals surface area (Å²) in [5.74, 6) is -0.633. The first-order chi connectivity index (χ1) is 12.1. The van der Waals surface area contributed by atoms with Gasteiger partial charge < -0.3 is 14.2 Å². The zero-order valence-corrected chi connectivity index (χ0v) is 17.0. The molecule has 1 aromatic carbocycles. The van der Waals surface area contributed by atoms with Gasteiger partial charge >= 0.3 is 5.97 Å². The van der Waals surface area contributed by atoms with Gasteiger partial charge in [-0.25, -0.2) is 4.79 Å². The Balaban J connectivity index is 2.01. The standard InChI is InChI=1S/C18H22Cl3NO4/c1-10-11(2)14(9-24-15(23)13-7-5-4-6-8-13)25-16(12(10)3)26-17(22)18(19,20)21/h4-8,10-12,14,16,22H,9H2,1-3H3/t10-,11-,12?,14?,16?/m0/s1. The average molecular weight is 423 g/mol. The van der Waals surface area contributed by atoms with Crippen LogP contribution in [0.2, 0.25) is 0 Å². The van der Waals surface area contributed by atoms with Crippen LogP contribution in [0.3, 0.4) is 0 Å². The predicted molar refractivity (Wildman–Crippen MR) is 102 cm³/mol. The zero-order chi connectivity index (χ0) is 19.5. The molecule has 0 aromatic heterocycles. The maximum atomic E-state index is 12.1. The molecule has 1 aromatic rings. The fourth-order valence-electron chi connectivity index (χ4n) is 2.81. The van der Waals surface area contributed by atoms with Crippen molar-refractivity contribution in [1.82, 2.24) is 0 Å². The number of alkyl halides is 3. The lowest BCUT2D eigenvalue weighted by molar-refractivity contribution is -0.225. The third-order valence-corrected chi connectivity index (χ3v) is 5.38. The van der Waals surface area contributed by atoms with E-state index in [9.17, 15) is 4.79 Å². The van der Waals surface area contributed by atoms with Crippen LogP contribution < -0.4 is 0 Å². The molecular formula is C18H22Cl3NO4. The number of carbonyl (C=O) groups is 1. The van der Waals surface area contributed by atoms with Crippen LogP contribution in [0.25, 0.3) is 0 Å². The summed E-state index contributed by atoms with van der Waals surface area (Å²) in [6.07, 6.45) is -1.15. The van der Waals surface area contributed by atoms with Crippen molar-refractivity contribution in [2.75, 3.05) is 6.61 Å². The molecule has 0 radical (unpaired) electrons. The summed E-state index contributed by atoms with van der Waals surface area (Å²) in [5, 5.41) is 7.75. The van der Waals surface area contributed by atoms with E-state index in [-0.39, 0.29) is 30.5 Å². The first kappa shape index (κ1) is 21.3. The molecule has 1 saturated heterocycles. The van der Waals surface area contributed by atoms with Crippen molar-refractivity contribution in [1.29, 1.82) is 5.41 Å². The Bertz CT molecular complexity index is 635. The van der Waals surface area contributed by atoms with Crippen molar-refractivity contribution in [3.63, 3.8) is 0 Å². The smallest absolute Gasteiger partial charge is 0.338 e. The SMILES string of the molecule is CC1C(OC(=N)C(Cl)(Cl)Cl)OC(COC(=O)c2ccccc2)[C@@H](C)[C@@H]1C. The molecule has 144 valence electrons. The van der Waals surface area contributed by atoms with Crippen LogP contribution in [-0.4, -0.2) is 34.7 Å². The fraction of sp³-hybridized carbons (Fsp3) is 0.556. The largest absolute Gasteiger partial charge is 0.459 e. The summed E-state index contributed by atoms with van der Waals surface area (Å²) in [6.45, 7) is 6.11. The normalized spacial score (nSPS) is 29.1. The van der Waals surface area contributed by atoms with Gasteiger partial charge in [-0.3, -0.25) is 5.41 Å². The highest BCUT2D eigenvalue weighted by atomic mass is 35.6. The fourth-order valence-corrected chi connectivity index (χ4v) is 2.94. The van der Waals surface area contributed by atoms with Gasteiger partial charge in [0.1, 0.15) is 6.61 Å². The molecule has 8 heteroatoms. The van der Waals surface area contributed by atoms with Crippen LogP contribution in [0.5, 0.6) is 0 Å². The van der Waals surface area contributed by atoms with Gasteiger partial charge in [0.15, 0.2) is 0 Å². The number of benzene rings is 1. The van der Waals surface area contributed by atoms with Crippen LogP contribution >= 0.6 is 34.8 Å². The number of rotatable bonds is 4. The lowest BCUT2D eigenvalue weighted by atomic mass is 9.79. The van der Waals surface area contributed by atoms with Gasteiger partial charge in [0, 0.05) is 5.92 Å². The maximum Gasteiger partial charge on any atom is 0.338 e. The molecular weight excluding hydrogens is 401 g/mol. The lowest BCUT2D eigenvalue weighted by Crippen LogP contribution is -2.49. The quantitative estimate of drug-likeness (QED) is 0.326. The molecule has 3 unspecified atom stereocenters. The third-order valence-electron chi connectivity index (χ3n) is 4.86. The molecule has 2 rings (SSSR count). The summed E-state index contributed by atoms with van der Waals surface area (Å²) in [5.41, 5.74) is 0.475. The summed E-state index contributed by atoms with van der Waals surface area (Å²) in [6, 6.07) is 8.74. The number of halogens is 3. The Morgan fingerprint density at radius 3 is 2.31 bits per heavy atom. The van der Waals surface area contributed by atoms with Crippen molar-refractivity contribution >= 4 is 46.7 Å². The summed E-state index contributed by atoms with van der Waals surface area (Å²) >= 11 is 17.0. The Morgan fingerprint density at radius 1 is 1.12 bits per heavy atom. The number of esters is 1. The van der Waals surface area contributed by atoms with Crippen LogP contribution in [-0.2, 0) is 14.2 Å². The Morgan fingerprint density at radius 2 is 1.73 bits per heavy atom. The third kappa shape index (κ3) is 5.26. The minimum atomic E-state index is -1.95. The average Bonchev–Trinajstić information content (AvgIpc) is 2.60. The van der Waals surface area contributed by atoms with Crippen molar-refractivity contribution in [3.8, 4) is 0 Å². The van der Waals surface area contributed by atoms with Gasteiger partial charge in [-0.2, -0.15) is 0 Å². The molecule has 26 heavy (non-hydrogen) atoms. The zero-order valence-electron chi connectivity index (χ0n) is 14.7. The highest BCUT2D eigenvalue weighted by Crippen LogP contribution is 2.37. The van der Waals surface area contributed by atoms with Gasteiger partial charge in [0.25, 0.3) is 3.79 Å². The van der Waals surface area contributed by atoms with E-state index in [1.54, 1.807) is 24.3 Å². The lowest BCUT2D eigenvalue weighted by Gasteiger charge is -2.43. The van der Waals surface area contributed by atoms with E-state index >= 15 is 0 Å². The van der Waals surface area contributed by atoms with E-state index in [1.807, 2.05) is 19.9 Å². The van der Waals surface area contributed by atoms with Crippen molar-refractivity contribution in [3.05, 3.63) is 35.9 Å². The maximum absolute atomic E-state index is 12.1. The van der Waals surface area contributed by atoms with E-state index in [4.69, 9.17) is 54.4 Å². The summed E-state index contributed by atoms with van der Waals surface area (Å²) in [7, 11) is 0. The van der Waals surface area contributed by atoms with Gasteiger partial charge in [0.2, 0.25) is 12.2 Å². The molecule has 5 nitrogen and oxygen atoms in total.